The number of imide groups is 1. The second kappa shape index (κ2) is 19.9. The fraction of sp³-hybridized carbons (Fsp3) is 0.897. The van der Waals surface area contributed by atoms with Gasteiger partial charge in [-0.15, -0.1) is 0 Å². The van der Waals surface area contributed by atoms with Gasteiger partial charge in [-0.3, -0.25) is 19.3 Å². The topological polar surface area (TPSA) is 66.5 Å². The summed E-state index contributed by atoms with van der Waals surface area (Å²) in [4.78, 5) is 37.6. The number of carbonyl (C=O) groups is 3. The standard InChI is InChI=1S/C29H54N2O3/c1-4-5-6-7-8-9-10-11-12-13-14-15-16-17-18-19-20-21-27(32)30-22-23-31-28(33)24-26(25(2)3)29(31)34/h25-26H,4-24H2,1-3H3,(H,30,32). The van der Waals surface area contributed by atoms with E-state index in [0.29, 0.717) is 25.9 Å². The highest BCUT2D eigenvalue weighted by Gasteiger charge is 2.39. The Bertz CT molecular complexity index is 562. The highest BCUT2D eigenvalue weighted by atomic mass is 16.2. The van der Waals surface area contributed by atoms with Crippen LogP contribution < -0.4 is 5.32 Å². The first-order valence-electron chi connectivity index (χ1n) is 14.6. The number of hydrogen-bond donors (Lipinski definition) is 1. The minimum atomic E-state index is -0.196. The minimum absolute atomic E-state index is 0.0282. The molecular formula is C29H54N2O3. The van der Waals surface area contributed by atoms with Gasteiger partial charge in [-0.2, -0.15) is 0 Å². The van der Waals surface area contributed by atoms with Crippen LogP contribution in [0.25, 0.3) is 0 Å². The van der Waals surface area contributed by atoms with Gasteiger partial charge in [0.05, 0.1) is 0 Å². The molecule has 1 aliphatic heterocycles. The summed E-state index contributed by atoms with van der Waals surface area (Å²) in [6, 6.07) is 0. The molecule has 5 nitrogen and oxygen atoms in total. The van der Waals surface area contributed by atoms with Crippen molar-refractivity contribution < 1.29 is 14.4 Å². The van der Waals surface area contributed by atoms with Crippen LogP contribution in [0.1, 0.15) is 143 Å². The number of nitrogens with zero attached hydrogens (tertiary/aromatic N) is 1. The molecule has 1 N–H and O–H groups in total. The van der Waals surface area contributed by atoms with E-state index >= 15 is 0 Å². The van der Waals surface area contributed by atoms with Gasteiger partial charge in [-0.05, 0) is 12.3 Å². The van der Waals surface area contributed by atoms with Crippen LogP contribution in [-0.2, 0) is 14.4 Å². The molecule has 1 atom stereocenters. The first-order valence-corrected chi connectivity index (χ1v) is 14.6. The third-order valence-corrected chi connectivity index (χ3v) is 7.25. The molecule has 0 aromatic carbocycles. The normalized spacial score (nSPS) is 16.1. The average molecular weight is 479 g/mol. The fourth-order valence-corrected chi connectivity index (χ4v) is 4.87. The number of rotatable bonds is 22. The van der Waals surface area contributed by atoms with Crippen molar-refractivity contribution in [1.82, 2.24) is 10.2 Å². The van der Waals surface area contributed by atoms with Gasteiger partial charge < -0.3 is 5.32 Å². The first-order chi connectivity index (χ1) is 16.5. The number of carbonyl (C=O) groups excluding carboxylic acids is 3. The highest BCUT2D eigenvalue weighted by molar-refractivity contribution is 6.03. The highest BCUT2D eigenvalue weighted by Crippen LogP contribution is 2.25. The quantitative estimate of drug-likeness (QED) is 0.132. The molecule has 0 saturated carbocycles. The van der Waals surface area contributed by atoms with Gasteiger partial charge in [-0.1, -0.05) is 124 Å². The molecule has 3 amide bonds. The maximum Gasteiger partial charge on any atom is 0.233 e. The summed E-state index contributed by atoms with van der Waals surface area (Å²) in [6.07, 6.45) is 23.5. The van der Waals surface area contributed by atoms with Crippen LogP contribution in [0, 0.1) is 11.8 Å². The van der Waals surface area contributed by atoms with Crippen molar-refractivity contribution in [2.24, 2.45) is 11.8 Å². The Hall–Kier alpha value is -1.39. The predicted molar refractivity (Wildman–Crippen MR) is 141 cm³/mol. The number of hydrogen-bond acceptors (Lipinski definition) is 3. The molecule has 198 valence electrons. The Morgan fingerprint density at radius 1 is 0.794 bits per heavy atom. The molecule has 0 bridgehead atoms. The Morgan fingerprint density at radius 2 is 1.24 bits per heavy atom. The lowest BCUT2D eigenvalue weighted by molar-refractivity contribution is -0.140. The van der Waals surface area contributed by atoms with Gasteiger partial charge in [0, 0.05) is 31.8 Å². The van der Waals surface area contributed by atoms with E-state index in [4.69, 9.17) is 0 Å². The second-order valence-corrected chi connectivity index (χ2v) is 10.7. The molecule has 0 aromatic heterocycles. The van der Waals surface area contributed by atoms with Crippen LogP contribution in [0.3, 0.4) is 0 Å². The van der Waals surface area contributed by atoms with Crippen molar-refractivity contribution in [1.29, 1.82) is 0 Å². The molecule has 34 heavy (non-hydrogen) atoms. The molecule has 1 unspecified atom stereocenters. The number of nitrogens with one attached hydrogen (secondary N) is 1. The van der Waals surface area contributed by atoms with E-state index in [-0.39, 0.29) is 29.6 Å². The van der Waals surface area contributed by atoms with Crippen LogP contribution in [0.2, 0.25) is 0 Å². The van der Waals surface area contributed by atoms with Crippen molar-refractivity contribution in [3.8, 4) is 0 Å². The monoisotopic (exact) mass is 478 g/mol. The molecule has 1 saturated heterocycles. The van der Waals surface area contributed by atoms with E-state index in [9.17, 15) is 14.4 Å². The Kier molecular flexibility index (Phi) is 17.9. The van der Waals surface area contributed by atoms with Gasteiger partial charge in [0.15, 0.2) is 0 Å². The van der Waals surface area contributed by atoms with E-state index in [1.54, 1.807) is 0 Å². The lowest BCUT2D eigenvalue weighted by Crippen LogP contribution is -2.38. The number of amides is 3. The number of likely N-dealkylation sites (tertiary alicyclic amines) is 1. The lowest BCUT2D eigenvalue weighted by Gasteiger charge is -2.16. The van der Waals surface area contributed by atoms with E-state index in [1.807, 2.05) is 13.8 Å². The molecule has 1 rings (SSSR count). The lowest BCUT2D eigenvalue weighted by atomic mass is 9.94. The van der Waals surface area contributed by atoms with Gasteiger partial charge in [0.1, 0.15) is 0 Å². The second-order valence-electron chi connectivity index (χ2n) is 10.7. The smallest absolute Gasteiger partial charge is 0.233 e. The summed E-state index contributed by atoms with van der Waals surface area (Å²) in [5, 5.41) is 2.86. The molecule has 0 aromatic rings. The minimum Gasteiger partial charge on any atom is -0.354 e. The van der Waals surface area contributed by atoms with Crippen LogP contribution in [0.15, 0.2) is 0 Å². The first kappa shape index (κ1) is 30.6. The SMILES string of the molecule is CCCCCCCCCCCCCCCCCCCC(=O)NCCN1C(=O)CC(C(C)C)C1=O. The third kappa shape index (κ3) is 14.1. The Labute approximate surface area is 210 Å². The average Bonchev–Trinajstić information content (AvgIpc) is 3.09. The van der Waals surface area contributed by atoms with Gasteiger partial charge >= 0.3 is 0 Å². The molecule has 0 radical (unpaired) electrons. The molecule has 1 heterocycles. The molecule has 1 aliphatic rings. The van der Waals surface area contributed by atoms with Gasteiger partial charge in [-0.25, -0.2) is 0 Å². The summed E-state index contributed by atoms with van der Waals surface area (Å²) in [6.45, 7) is 6.88. The van der Waals surface area contributed by atoms with Crippen molar-refractivity contribution in [2.45, 2.75) is 143 Å². The van der Waals surface area contributed by atoms with Crippen LogP contribution in [0.4, 0.5) is 0 Å². The van der Waals surface area contributed by atoms with E-state index in [2.05, 4.69) is 12.2 Å². The summed E-state index contributed by atoms with van der Waals surface area (Å²) < 4.78 is 0. The zero-order valence-corrected chi connectivity index (χ0v) is 22.7. The molecular weight excluding hydrogens is 424 g/mol. The van der Waals surface area contributed by atoms with E-state index in [1.165, 1.54) is 101 Å². The summed E-state index contributed by atoms with van der Waals surface area (Å²) in [7, 11) is 0. The Morgan fingerprint density at radius 3 is 1.65 bits per heavy atom. The molecule has 5 heteroatoms. The molecule has 0 spiro atoms. The van der Waals surface area contributed by atoms with Crippen molar-refractivity contribution in [2.75, 3.05) is 13.1 Å². The number of unbranched alkanes of at least 4 members (excludes halogenated alkanes) is 16. The molecule has 1 fully saturated rings. The molecule has 0 aliphatic carbocycles. The van der Waals surface area contributed by atoms with Crippen LogP contribution in [0.5, 0.6) is 0 Å². The predicted octanol–water partition coefficient (Wildman–Crippen LogP) is 7.18. The van der Waals surface area contributed by atoms with Crippen LogP contribution in [-0.4, -0.2) is 35.7 Å². The van der Waals surface area contributed by atoms with Gasteiger partial charge in [0.25, 0.3) is 0 Å². The van der Waals surface area contributed by atoms with Crippen LogP contribution >= 0.6 is 0 Å². The van der Waals surface area contributed by atoms with Crippen molar-refractivity contribution in [3.63, 3.8) is 0 Å². The van der Waals surface area contributed by atoms with Crippen molar-refractivity contribution in [3.05, 3.63) is 0 Å². The third-order valence-electron chi connectivity index (χ3n) is 7.25. The van der Waals surface area contributed by atoms with Gasteiger partial charge in [0.2, 0.25) is 17.7 Å². The fourth-order valence-electron chi connectivity index (χ4n) is 4.87. The summed E-state index contributed by atoms with van der Waals surface area (Å²) in [5.74, 6) is -0.178. The maximum atomic E-state index is 12.3. The maximum absolute atomic E-state index is 12.3. The largest absolute Gasteiger partial charge is 0.354 e. The Balaban J connectivity index is 1.84. The summed E-state index contributed by atoms with van der Waals surface area (Å²) >= 11 is 0. The zero-order chi connectivity index (χ0) is 25.0. The zero-order valence-electron chi connectivity index (χ0n) is 22.7. The van der Waals surface area contributed by atoms with Crippen molar-refractivity contribution >= 4 is 17.7 Å². The van der Waals surface area contributed by atoms with E-state index in [0.717, 1.165) is 12.8 Å². The summed E-state index contributed by atoms with van der Waals surface area (Å²) in [5.41, 5.74) is 0. The van der Waals surface area contributed by atoms with E-state index < -0.39 is 0 Å².